The Morgan fingerprint density at radius 2 is 1.82 bits per heavy atom. The molecule has 0 bridgehead atoms. The lowest BCUT2D eigenvalue weighted by atomic mass is 10.1. The van der Waals surface area contributed by atoms with E-state index in [4.69, 9.17) is 4.42 Å². The summed E-state index contributed by atoms with van der Waals surface area (Å²) in [5, 5.41) is 0. The van der Waals surface area contributed by atoms with Gasteiger partial charge >= 0.3 is 0 Å². The molecule has 0 saturated heterocycles. The number of benzene rings is 1. The molecule has 1 nitrogen and oxygen atoms in total. The molecule has 0 saturated carbocycles. The zero-order valence-corrected chi connectivity index (χ0v) is 10.7. The van der Waals surface area contributed by atoms with Gasteiger partial charge in [0, 0.05) is 12.0 Å². The zero-order chi connectivity index (χ0) is 12.1. The number of hydrogen-bond donors (Lipinski definition) is 0. The lowest BCUT2D eigenvalue weighted by molar-refractivity contribution is 0.505. The van der Waals surface area contributed by atoms with Crippen molar-refractivity contribution < 1.29 is 4.42 Å². The van der Waals surface area contributed by atoms with Crippen molar-refractivity contribution in [1.82, 2.24) is 0 Å². The molecule has 0 fully saturated rings. The van der Waals surface area contributed by atoms with E-state index in [1.54, 1.807) is 0 Å². The molecule has 90 valence electrons. The van der Waals surface area contributed by atoms with Gasteiger partial charge in [-0.1, -0.05) is 50.1 Å². The minimum Gasteiger partial charge on any atom is -0.461 e. The highest BCUT2D eigenvalue weighted by atomic mass is 16.3. The van der Waals surface area contributed by atoms with Crippen molar-refractivity contribution in [3.05, 3.63) is 47.7 Å². The van der Waals surface area contributed by atoms with Crippen molar-refractivity contribution in [2.75, 3.05) is 0 Å². The predicted octanol–water partition coefficient (Wildman–Crippen LogP) is 4.99. The molecular formula is C16H20O. The summed E-state index contributed by atoms with van der Waals surface area (Å²) >= 11 is 0. The molecule has 1 aromatic carbocycles. The smallest absolute Gasteiger partial charge is 0.134 e. The van der Waals surface area contributed by atoms with E-state index in [2.05, 4.69) is 32.0 Å². The Balaban J connectivity index is 2.13. The largest absolute Gasteiger partial charge is 0.461 e. The summed E-state index contributed by atoms with van der Waals surface area (Å²) < 4.78 is 5.95. The van der Waals surface area contributed by atoms with Crippen molar-refractivity contribution in [3.63, 3.8) is 0 Å². The monoisotopic (exact) mass is 228 g/mol. The molecule has 1 aromatic heterocycles. The molecule has 0 aliphatic carbocycles. The van der Waals surface area contributed by atoms with E-state index in [-0.39, 0.29) is 0 Å². The second-order valence-corrected chi connectivity index (χ2v) is 4.54. The van der Waals surface area contributed by atoms with Crippen LogP contribution in [0.5, 0.6) is 0 Å². The van der Waals surface area contributed by atoms with Crippen LogP contribution in [0.3, 0.4) is 0 Å². The molecule has 0 amide bonds. The quantitative estimate of drug-likeness (QED) is 0.657. The minimum atomic E-state index is 0.995. The van der Waals surface area contributed by atoms with Gasteiger partial charge in [-0.25, -0.2) is 0 Å². The van der Waals surface area contributed by atoms with E-state index in [9.17, 15) is 0 Å². The molecule has 0 aliphatic rings. The lowest BCUT2D eigenvalue weighted by Crippen LogP contribution is -1.84. The first-order valence-corrected chi connectivity index (χ1v) is 6.46. The summed E-state index contributed by atoms with van der Waals surface area (Å²) in [6.45, 7) is 4.36. The van der Waals surface area contributed by atoms with Gasteiger partial charge in [0.1, 0.15) is 11.5 Å². The molecule has 0 atom stereocenters. The molecule has 0 spiro atoms. The number of rotatable bonds is 5. The van der Waals surface area contributed by atoms with Crippen LogP contribution >= 0.6 is 0 Å². The molecule has 0 radical (unpaired) electrons. The summed E-state index contributed by atoms with van der Waals surface area (Å²) in [7, 11) is 0. The van der Waals surface area contributed by atoms with E-state index in [1.807, 2.05) is 18.2 Å². The van der Waals surface area contributed by atoms with E-state index < -0.39 is 0 Å². The summed E-state index contributed by atoms with van der Waals surface area (Å²) in [6, 6.07) is 12.5. The average molecular weight is 228 g/mol. The number of furan rings is 1. The molecule has 17 heavy (non-hydrogen) atoms. The maximum Gasteiger partial charge on any atom is 0.134 e. The van der Waals surface area contributed by atoms with Gasteiger partial charge in [-0.3, -0.25) is 0 Å². The van der Waals surface area contributed by atoms with Crippen molar-refractivity contribution in [2.24, 2.45) is 0 Å². The van der Waals surface area contributed by atoms with Crippen molar-refractivity contribution >= 4 is 0 Å². The Labute approximate surface area is 103 Å². The van der Waals surface area contributed by atoms with Crippen LogP contribution in [-0.2, 0) is 6.42 Å². The third kappa shape index (κ3) is 3.00. The Kier molecular flexibility index (Phi) is 4.03. The van der Waals surface area contributed by atoms with E-state index >= 15 is 0 Å². The van der Waals surface area contributed by atoms with Crippen molar-refractivity contribution in [3.8, 4) is 11.3 Å². The first kappa shape index (κ1) is 12.0. The fourth-order valence-electron chi connectivity index (χ4n) is 2.05. The maximum atomic E-state index is 5.95. The van der Waals surface area contributed by atoms with Gasteiger partial charge in [0.15, 0.2) is 0 Å². The highest BCUT2D eigenvalue weighted by Gasteiger charge is 2.08. The molecule has 2 rings (SSSR count). The number of hydrogen-bond acceptors (Lipinski definition) is 1. The van der Waals surface area contributed by atoms with Crippen LogP contribution in [0.15, 0.2) is 40.8 Å². The normalized spacial score (nSPS) is 10.7. The van der Waals surface area contributed by atoms with Gasteiger partial charge in [0.2, 0.25) is 0 Å². The van der Waals surface area contributed by atoms with Gasteiger partial charge in [-0.15, -0.1) is 0 Å². The van der Waals surface area contributed by atoms with Gasteiger partial charge in [-0.2, -0.15) is 0 Å². The molecular weight excluding hydrogens is 208 g/mol. The lowest BCUT2D eigenvalue weighted by Gasteiger charge is -1.98. The van der Waals surface area contributed by atoms with E-state index in [0.717, 1.165) is 23.5 Å². The molecule has 0 unspecified atom stereocenters. The predicted molar refractivity (Wildman–Crippen MR) is 72.1 cm³/mol. The third-order valence-corrected chi connectivity index (χ3v) is 3.09. The highest BCUT2D eigenvalue weighted by Crippen LogP contribution is 2.26. The van der Waals surface area contributed by atoms with Crippen molar-refractivity contribution in [1.29, 1.82) is 0 Å². The molecule has 0 N–H and O–H groups in total. The SMILES string of the molecule is CCCCCc1oc(-c2ccccc2)cc1C. The third-order valence-electron chi connectivity index (χ3n) is 3.09. The molecule has 1 heterocycles. The average Bonchev–Trinajstić information content (AvgIpc) is 2.73. The van der Waals surface area contributed by atoms with E-state index in [1.165, 1.54) is 24.8 Å². The van der Waals surface area contributed by atoms with Crippen LogP contribution in [-0.4, -0.2) is 0 Å². The Bertz CT molecular complexity index is 454. The first-order chi connectivity index (χ1) is 8.31. The summed E-state index contributed by atoms with van der Waals surface area (Å²) in [5.41, 5.74) is 2.44. The van der Waals surface area contributed by atoms with Gasteiger partial charge in [0.25, 0.3) is 0 Å². The Morgan fingerprint density at radius 3 is 2.53 bits per heavy atom. The van der Waals surface area contributed by atoms with Gasteiger partial charge < -0.3 is 4.42 Å². The summed E-state index contributed by atoms with van der Waals surface area (Å²) in [4.78, 5) is 0. The van der Waals surface area contributed by atoms with Gasteiger partial charge in [-0.05, 0) is 25.0 Å². The van der Waals surface area contributed by atoms with Crippen LogP contribution in [0.1, 0.15) is 37.5 Å². The molecule has 1 heteroatoms. The zero-order valence-electron chi connectivity index (χ0n) is 10.7. The Hall–Kier alpha value is -1.50. The van der Waals surface area contributed by atoms with Crippen LogP contribution < -0.4 is 0 Å². The second kappa shape index (κ2) is 5.72. The minimum absolute atomic E-state index is 0.995. The molecule has 0 aliphatic heterocycles. The van der Waals surface area contributed by atoms with Gasteiger partial charge in [0.05, 0.1) is 0 Å². The number of aryl methyl sites for hydroxylation is 2. The standard InChI is InChI=1S/C16H20O/c1-3-4-6-11-15-13(2)12-16(17-15)14-9-7-5-8-10-14/h5,7-10,12H,3-4,6,11H2,1-2H3. The summed E-state index contributed by atoms with van der Waals surface area (Å²) in [5.74, 6) is 2.15. The van der Waals surface area contributed by atoms with Crippen LogP contribution in [0.25, 0.3) is 11.3 Å². The van der Waals surface area contributed by atoms with Crippen LogP contribution in [0.2, 0.25) is 0 Å². The first-order valence-electron chi connectivity index (χ1n) is 6.46. The second-order valence-electron chi connectivity index (χ2n) is 4.54. The summed E-state index contributed by atoms with van der Waals surface area (Å²) in [6.07, 6.45) is 4.82. The van der Waals surface area contributed by atoms with E-state index in [0.29, 0.717) is 0 Å². The fraction of sp³-hybridized carbons (Fsp3) is 0.375. The van der Waals surface area contributed by atoms with Crippen molar-refractivity contribution in [2.45, 2.75) is 39.5 Å². The molecule has 2 aromatic rings. The Morgan fingerprint density at radius 1 is 1.06 bits per heavy atom. The number of unbranched alkanes of at least 4 members (excludes halogenated alkanes) is 2. The topological polar surface area (TPSA) is 13.1 Å². The highest BCUT2D eigenvalue weighted by molar-refractivity contribution is 5.58. The maximum absolute atomic E-state index is 5.95. The van der Waals surface area contributed by atoms with Crippen LogP contribution in [0.4, 0.5) is 0 Å². The fourth-order valence-corrected chi connectivity index (χ4v) is 2.05. The van der Waals surface area contributed by atoms with Crippen LogP contribution in [0, 0.1) is 6.92 Å².